The fourth-order valence-corrected chi connectivity index (χ4v) is 2.07. The molecular weight excluding hydrogens is 176 g/mol. The summed E-state index contributed by atoms with van der Waals surface area (Å²) in [7, 11) is 0. The van der Waals surface area contributed by atoms with E-state index in [4.69, 9.17) is 4.74 Å². The van der Waals surface area contributed by atoms with Crippen LogP contribution >= 0.6 is 0 Å². The summed E-state index contributed by atoms with van der Waals surface area (Å²) in [6, 6.07) is 0.788. The summed E-state index contributed by atoms with van der Waals surface area (Å²) in [5.74, 6) is 0.941. The molecule has 2 aliphatic rings. The molecule has 2 fully saturated rings. The van der Waals surface area contributed by atoms with Gasteiger partial charge < -0.3 is 15.4 Å². The van der Waals surface area contributed by atoms with Crippen molar-refractivity contribution in [2.75, 3.05) is 26.2 Å². The van der Waals surface area contributed by atoms with Gasteiger partial charge in [-0.1, -0.05) is 13.3 Å². The molecule has 0 radical (unpaired) electrons. The van der Waals surface area contributed by atoms with Crippen LogP contribution in [0.3, 0.4) is 0 Å². The second-order valence-electron chi connectivity index (χ2n) is 4.87. The molecule has 0 amide bonds. The van der Waals surface area contributed by atoms with Gasteiger partial charge in [-0.3, -0.25) is 0 Å². The van der Waals surface area contributed by atoms with E-state index >= 15 is 0 Å². The van der Waals surface area contributed by atoms with Gasteiger partial charge in [-0.15, -0.1) is 0 Å². The number of hydrogen-bond acceptors (Lipinski definition) is 3. The van der Waals surface area contributed by atoms with E-state index in [1.54, 1.807) is 0 Å². The van der Waals surface area contributed by atoms with Crippen molar-refractivity contribution in [1.29, 1.82) is 0 Å². The summed E-state index contributed by atoms with van der Waals surface area (Å²) in [6.45, 7) is 8.32. The van der Waals surface area contributed by atoms with Gasteiger partial charge >= 0.3 is 0 Å². The first-order valence-electron chi connectivity index (χ1n) is 5.81. The Balaban J connectivity index is 1.48. The van der Waals surface area contributed by atoms with Crippen LogP contribution in [-0.4, -0.2) is 37.9 Å². The molecule has 2 atom stereocenters. The van der Waals surface area contributed by atoms with Crippen molar-refractivity contribution in [1.82, 2.24) is 10.6 Å². The average Bonchev–Trinajstić information content (AvgIpc) is 2.88. The summed E-state index contributed by atoms with van der Waals surface area (Å²) >= 11 is 0. The van der Waals surface area contributed by atoms with Gasteiger partial charge in [-0.05, 0) is 19.3 Å². The highest BCUT2D eigenvalue weighted by Crippen LogP contribution is 2.32. The quantitative estimate of drug-likeness (QED) is 0.618. The minimum atomic E-state index is 0.120. The van der Waals surface area contributed by atoms with Gasteiger partial charge in [-0.25, -0.2) is 0 Å². The van der Waals surface area contributed by atoms with Crippen molar-refractivity contribution in [3.05, 3.63) is 0 Å². The van der Waals surface area contributed by atoms with Crippen molar-refractivity contribution >= 4 is 0 Å². The molecule has 3 heteroatoms. The third kappa shape index (κ3) is 2.47. The molecule has 1 heterocycles. The second kappa shape index (κ2) is 4.17. The molecule has 1 saturated heterocycles. The van der Waals surface area contributed by atoms with Crippen LogP contribution in [0.1, 0.15) is 26.7 Å². The van der Waals surface area contributed by atoms with Crippen LogP contribution in [0.2, 0.25) is 0 Å². The number of hydrogen-bond donors (Lipinski definition) is 2. The van der Waals surface area contributed by atoms with Gasteiger partial charge in [0.15, 0.2) is 0 Å². The Labute approximate surface area is 86.6 Å². The molecular formula is C11H22N2O. The minimum Gasteiger partial charge on any atom is -0.371 e. The van der Waals surface area contributed by atoms with Gasteiger partial charge in [-0.2, -0.15) is 0 Å². The zero-order valence-electron chi connectivity index (χ0n) is 9.31. The van der Waals surface area contributed by atoms with Crippen molar-refractivity contribution in [2.45, 2.75) is 38.3 Å². The Kier molecular flexibility index (Phi) is 3.10. The molecule has 2 unspecified atom stereocenters. The molecule has 2 N–H and O–H groups in total. The highest BCUT2D eigenvalue weighted by Gasteiger charge is 2.35. The Bertz CT molecular complexity index is 192. The second-order valence-corrected chi connectivity index (χ2v) is 4.87. The number of rotatable bonds is 6. The van der Waals surface area contributed by atoms with E-state index < -0.39 is 0 Å². The molecule has 1 aliphatic carbocycles. The third-order valence-electron chi connectivity index (χ3n) is 3.40. The van der Waals surface area contributed by atoms with E-state index in [9.17, 15) is 0 Å². The fraction of sp³-hybridized carbons (Fsp3) is 1.00. The normalized spacial score (nSPS) is 33.9. The molecule has 1 aliphatic heterocycles. The molecule has 3 nitrogen and oxygen atoms in total. The van der Waals surface area contributed by atoms with E-state index in [1.165, 1.54) is 12.8 Å². The van der Waals surface area contributed by atoms with Gasteiger partial charge in [0.1, 0.15) is 0 Å². The zero-order chi connectivity index (χ0) is 10.0. The van der Waals surface area contributed by atoms with Gasteiger partial charge in [0.25, 0.3) is 0 Å². The fourth-order valence-electron chi connectivity index (χ4n) is 2.07. The van der Waals surface area contributed by atoms with Crippen molar-refractivity contribution < 1.29 is 4.74 Å². The minimum absolute atomic E-state index is 0.120. The first kappa shape index (κ1) is 10.4. The standard InChI is InChI=1S/C11H22N2O/c1-3-9-6-10(9)13-4-5-14-11(2)7-12-8-11/h9-10,12-13H,3-8H2,1-2H3. The van der Waals surface area contributed by atoms with Crippen molar-refractivity contribution in [2.24, 2.45) is 5.92 Å². The topological polar surface area (TPSA) is 33.3 Å². The summed E-state index contributed by atoms with van der Waals surface area (Å²) in [5.41, 5.74) is 0.120. The monoisotopic (exact) mass is 198 g/mol. The van der Waals surface area contributed by atoms with E-state index in [0.717, 1.165) is 38.2 Å². The van der Waals surface area contributed by atoms with Crippen LogP contribution in [0.25, 0.3) is 0 Å². The molecule has 0 aromatic rings. The van der Waals surface area contributed by atoms with Crippen LogP contribution in [0.4, 0.5) is 0 Å². The molecule has 0 spiro atoms. The lowest BCUT2D eigenvalue weighted by atomic mass is 10.0. The molecule has 14 heavy (non-hydrogen) atoms. The number of nitrogens with one attached hydrogen (secondary N) is 2. The molecule has 0 aromatic carbocycles. The van der Waals surface area contributed by atoms with Gasteiger partial charge in [0.05, 0.1) is 12.2 Å². The zero-order valence-corrected chi connectivity index (χ0v) is 9.31. The first-order valence-corrected chi connectivity index (χ1v) is 5.81. The maximum Gasteiger partial charge on any atom is 0.0902 e. The van der Waals surface area contributed by atoms with Crippen LogP contribution in [0.15, 0.2) is 0 Å². The lowest BCUT2D eigenvalue weighted by molar-refractivity contribution is -0.0649. The molecule has 1 saturated carbocycles. The molecule has 2 rings (SSSR count). The summed E-state index contributed by atoms with van der Waals surface area (Å²) in [5, 5.41) is 6.77. The Morgan fingerprint density at radius 2 is 2.29 bits per heavy atom. The largest absolute Gasteiger partial charge is 0.371 e. The van der Waals surface area contributed by atoms with Crippen LogP contribution < -0.4 is 10.6 Å². The average molecular weight is 198 g/mol. The van der Waals surface area contributed by atoms with Crippen LogP contribution in [0, 0.1) is 5.92 Å². The van der Waals surface area contributed by atoms with Crippen LogP contribution in [0.5, 0.6) is 0 Å². The predicted octanol–water partition coefficient (Wildman–Crippen LogP) is 0.753. The third-order valence-corrected chi connectivity index (χ3v) is 3.40. The summed E-state index contributed by atoms with van der Waals surface area (Å²) < 4.78 is 5.79. The SMILES string of the molecule is CCC1CC1NCCOC1(C)CNC1. The van der Waals surface area contributed by atoms with Crippen molar-refractivity contribution in [3.8, 4) is 0 Å². The Morgan fingerprint density at radius 3 is 2.79 bits per heavy atom. The Morgan fingerprint density at radius 1 is 1.50 bits per heavy atom. The van der Waals surface area contributed by atoms with Gasteiger partial charge in [0, 0.05) is 25.7 Å². The van der Waals surface area contributed by atoms with E-state index in [0.29, 0.717) is 0 Å². The summed E-state index contributed by atoms with van der Waals surface area (Å²) in [6.07, 6.45) is 2.69. The highest BCUT2D eigenvalue weighted by atomic mass is 16.5. The maximum absolute atomic E-state index is 5.79. The first-order chi connectivity index (χ1) is 6.73. The molecule has 0 bridgehead atoms. The smallest absolute Gasteiger partial charge is 0.0902 e. The van der Waals surface area contributed by atoms with E-state index in [-0.39, 0.29) is 5.60 Å². The Hall–Kier alpha value is -0.120. The van der Waals surface area contributed by atoms with Gasteiger partial charge in [0.2, 0.25) is 0 Å². The van der Waals surface area contributed by atoms with E-state index in [2.05, 4.69) is 24.5 Å². The predicted molar refractivity (Wildman–Crippen MR) is 57.4 cm³/mol. The molecule has 82 valence electrons. The van der Waals surface area contributed by atoms with Crippen molar-refractivity contribution in [3.63, 3.8) is 0 Å². The number of ether oxygens (including phenoxy) is 1. The van der Waals surface area contributed by atoms with Crippen LogP contribution in [-0.2, 0) is 4.74 Å². The lowest BCUT2D eigenvalue weighted by Gasteiger charge is -2.39. The summed E-state index contributed by atoms with van der Waals surface area (Å²) in [4.78, 5) is 0. The lowest BCUT2D eigenvalue weighted by Crippen LogP contribution is -2.59. The van der Waals surface area contributed by atoms with E-state index in [1.807, 2.05) is 0 Å². The molecule has 0 aromatic heterocycles. The highest BCUT2D eigenvalue weighted by molar-refractivity contribution is 4.92. The maximum atomic E-state index is 5.79.